The monoisotopic (exact) mass is 137 g/mol. The molecule has 0 saturated carbocycles. The van der Waals surface area contributed by atoms with Crippen LogP contribution in [0.2, 0.25) is 0 Å². The zero-order valence-corrected chi connectivity index (χ0v) is 6.50. The molecule has 1 rings (SSSR count). The van der Waals surface area contributed by atoms with E-state index in [2.05, 4.69) is 36.0 Å². The Bertz CT molecular complexity index is 200. The molecule has 0 fully saturated rings. The lowest BCUT2D eigenvalue weighted by Gasteiger charge is -2.14. The fraction of sp³-hybridized carbons (Fsp3) is 0.571. The number of hydrogen-bond acceptors (Lipinski definition) is 3. The van der Waals surface area contributed by atoms with Gasteiger partial charge in [-0.25, -0.2) is 4.98 Å². The molecule has 1 aromatic rings. The summed E-state index contributed by atoms with van der Waals surface area (Å²) in [4.78, 5) is 3.88. The molecule has 1 aromatic heterocycles. The molecule has 0 bridgehead atoms. The molecule has 10 heavy (non-hydrogen) atoms. The molecule has 0 unspecified atom stereocenters. The van der Waals surface area contributed by atoms with Gasteiger partial charge in [-0.2, -0.15) is 5.10 Å². The van der Waals surface area contributed by atoms with Crippen LogP contribution < -0.4 is 0 Å². The van der Waals surface area contributed by atoms with E-state index < -0.39 is 0 Å². The molecular formula is C7H11N3. The van der Waals surface area contributed by atoms with Crippen LogP contribution in [0.1, 0.15) is 26.5 Å². The SMILES string of the molecule is CC(C)(C)c1cncnn1. The van der Waals surface area contributed by atoms with Crippen molar-refractivity contribution in [3.63, 3.8) is 0 Å². The van der Waals surface area contributed by atoms with Gasteiger partial charge in [0.1, 0.15) is 6.33 Å². The molecule has 0 aliphatic carbocycles. The third-order valence-electron chi connectivity index (χ3n) is 1.25. The van der Waals surface area contributed by atoms with Crippen molar-refractivity contribution in [3.05, 3.63) is 18.2 Å². The lowest BCUT2D eigenvalue weighted by molar-refractivity contribution is 0.553. The van der Waals surface area contributed by atoms with Crippen LogP contribution in [-0.4, -0.2) is 15.2 Å². The predicted molar refractivity (Wildman–Crippen MR) is 38.5 cm³/mol. The van der Waals surface area contributed by atoms with Crippen molar-refractivity contribution in [2.75, 3.05) is 0 Å². The van der Waals surface area contributed by atoms with Crippen LogP contribution in [0.15, 0.2) is 12.5 Å². The Labute approximate surface area is 60.5 Å². The van der Waals surface area contributed by atoms with Gasteiger partial charge < -0.3 is 0 Å². The highest BCUT2D eigenvalue weighted by atomic mass is 15.1. The highest BCUT2D eigenvalue weighted by molar-refractivity contribution is 5.04. The summed E-state index contributed by atoms with van der Waals surface area (Å²) in [5.41, 5.74) is 0.983. The fourth-order valence-electron chi connectivity index (χ4n) is 0.591. The summed E-state index contributed by atoms with van der Waals surface area (Å²) in [6, 6.07) is 0. The summed E-state index contributed by atoms with van der Waals surface area (Å²) in [6.07, 6.45) is 3.18. The minimum Gasteiger partial charge on any atom is -0.241 e. The predicted octanol–water partition coefficient (Wildman–Crippen LogP) is 1.17. The first-order valence-corrected chi connectivity index (χ1v) is 3.24. The lowest BCUT2D eigenvalue weighted by Crippen LogP contribution is -2.14. The zero-order chi connectivity index (χ0) is 7.61. The van der Waals surface area contributed by atoms with Crippen molar-refractivity contribution in [2.24, 2.45) is 0 Å². The van der Waals surface area contributed by atoms with E-state index in [1.807, 2.05) is 0 Å². The smallest absolute Gasteiger partial charge is 0.138 e. The zero-order valence-electron chi connectivity index (χ0n) is 6.50. The Balaban J connectivity index is 2.97. The molecule has 54 valence electrons. The molecule has 3 nitrogen and oxygen atoms in total. The summed E-state index contributed by atoms with van der Waals surface area (Å²) in [6.45, 7) is 6.25. The van der Waals surface area contributed by atoms with Crippen LogP contribution >= 0.6 is 0 Å². The Morgan fingerprint density at radius 3 is 2.30 bits per heavy atom. The van der Waals surface area contributed by atoms with Gasteiger partial charge in [0.05, 0.1) is 11.9 Å². The van der Waals surface area contributed by atoms with E-state index in [0.717, 1.165) is 5.69 Å². The van der Waals surface area contributed by atoms with Gasteiger partial charge >= 0.3 is 0 Å². The van der Waals surface area contributed by atoms with Gasteiger partial charge in [0, 0.05) is 5.41 Å². The van der Waals surface area contributed by atoms with Crippen molar-refractivity contribution >= 4 is 0 Å². The quantitative estimate of drug-likeness (QED) is 0.538. The lowest BCUT2D eigenvalue weighted by atomic mass is 9.93. The van der Waals surface area contributed by atoms with Crippen molar-refractivity contribution < 1.29 is 0 Å². The van der Waals surface area contributed by atoms with E-state index >= 15 is 0 Å². The average Bonchev–Trinajstić information content (AvgIpc) is 1.88. The summed E-state index contributed by atoms with van der Waals surface area (Å²) in [5.74, 6) is 0. The third-order valence-corrected chi connectivity index (χ3v) is 1.25. The fourth-order valence-corrected chi connectivity index (χ4v) is 0.591. The first kappa shape index (κ1) is 7.12. The van der Waals surface area contributed by atoms with Crippen LogP contribution in [0.3, 0.4) is 0 Å². The molecule has 0 aliphatic heterocycles. The maximum Gasteiger partial charge on any atom is 0.138 e. The minimum atomic E-state index is 0.0568. The Morgan fingerprint density at radius 1 is 1.30 bits per heavy atom. The van der Waals surface area contributed by atoms with Crippen LogP contribution in [0.5, 0.6) is 0 Å². The van der Waals surface area contributed by atoms with Gasteiger partial charge in [-0.3, -0.25) is 0 Å². The second kappa shape index (κ2) is 2.33. The van der Waals surface area contributed by atoms with E-state index in [0.29, 0.717) is 0 Å². The average molecular weight is 137 g/mol. The van der Waals surface area contributed by atoms with E-state index in [-0.39, 0.29) is 5.41 Å². The molecular weight excluding hydrogens is 126 g/mol. The Kier molecular flexibility index (Phi) is 1.66. The second-order valence-corrected chi connectivity index (χ2v) is 3.24. The molecule has 0 spiro atoms. The maximum absolute atomic E-state index is 3.94. The first-order chi connectivity index (χ1) is 4.61. The highest BCUT2D eigenvalue weighted by Gasteiger charge is 2.14. The van der Waals surface area contributed by atoms with Crippen LogP contribution in [-0.2, 0) is 5.41 Å². The van der Waals surface area contributed by atoms with Gasteiger partial charge in [0.15, 0.2) is 0 Å². The summed E-state index contributed by atoms with van der Waals surface area (Å²) >= 11 is 0. The van der Waals surface area contributed by atoms with E-state index in [9.17, 15) is 0 Å². The molecule has 0 radical (unpaired) electrons. The van der Waals surface area contributed by atoms with E-state index in [1.54, 1.807) is 6.20 Å². The minimum absolute atomic E-state index is 0.0568. The number of nitrogens with zero attached hydrogens (tertiary/aromatic N) is 3. The van der Waals surface area contributed by atoms with Crippen molar-refractivity contribution in [1.82, 2.24) is 15.2 Å². The topological polar surface area (TPSA) is 38.7 Å². The first-order valence-electron chi connectivity index (χ1n) is 3.24. The summed E-state index contributed by atoms with van der Waals surface area (Å²) < 4.78 is 0. The molecule has 0 amide bonds. The second-order valence-electron chi connectivity index (χ2n) is 3.24. The molecule has 0 aromatic carbocycles. The third kappa shape index (κ3) is 1.50. The van der Waals surface area contributed by atoms with Gasteiger partial charge in [-0.05, 0) is 0 Å². The van der Waals surface area contributed by atoms with E-state index in [4.69, 9.17) is 0 Å². The largest absolute Gasteiger partial charge is 0.241 e. The normalized spacial score (nSPS) is 11.5. The van der Waals surface area contributed by atoms with Crippen molar-refractivity contribution in [3.8, 4) is 0 Å². The standard InChI is InChI=1S/C7H11N3/c1-7(2,3)6-4-8-5-9-10-6/h4-5H,1-3H3. The van der Waals surface area contributed by atoms with Crippen LogP contribution in [0, 0.1) is 0 Å². The van der Waals surface area contributed by atoms with E-state index in [1.165, 1.54) is 6.33 Å². The molecule has 0 saturated heterocycles. The molecule has 0 aliphatic rings. The number of rotatable bonds is 0. The van der Waals surface area contributed by atoms with Gasteiger partial charge in [0.2, 0.25) is 0 Å². The number of aromatic nitrogens is 3. The summed E-state index contributed by atoms with van der Waals surface area (Å²) in [5, 5.41) is 7.63. The Hall–Kier alpha value is -0.990. The van der Waals surface area contributed by atoms with Crippen molar-refractivity contribution in [2.45, 2.75) is 26.2 Å². The van der Waals surface area contributed by atoms with Crippen LogP contribution in [0.25, 0.3) is 0 Å². The van der Waals surface area contributed by atoms with Crippen molar-refractivity contribution in [1.29, 1.82) is 0 Å². The molecule has 3 heteroatoms. The van der Waals surface area contributed by atoms with Gasteiger partial charge in [-0.1, -0.05) is 20.8 Å². The summed E-state index contributed by atoms with van der Waals surface area (Å²) in [7, 11) is 0. The van der Waals surface area contributed by atoms with Crippen LogP contribution in [0.4, 0.5) is 0 Å². The Morgan fingerprint density at radius 2 is 2.00 bits per heavy atom. The molecule has 0 atom stereocenters. The molecule has 0 N–H and O–H groups in total. The maximum atomic E-state index is 3.94. The van der Waals surface area contributed by atoms with Gasteiger partial charge in [-0.15, -0.1) is 5.10 Å². The highest BCUT2D eigenvalue weighted by Crippen LogP contribution is 2.16. The van der Waals surface area contributed by atoms with Gasteiger partial charge in [0.25, 0.3) is 0 Å². The number of hydrogen-bond donors (Lipinski definition) is 0. The molecule has 1 heterocycles.